The van der Waals surface area contributed by atoms with Crippen LogP contribution in [0.5, 0.6) is 11.6 Å². The van der Waals surface area contributed by atoms with Crippen LogP contribution < -0.4 is 14.2 Å². The molecular formula is C28H28Cl2N4O4S. The Bertz CT molecular complexity index is 1580. The highest BCUT2D eigenvalue weighted by molar-refractivity contribution is 7.92. The van der Waals surface area contributed by atoms with Gasteiger partial charge in [-0.25, -0.2) is 13.4 Å². The number of likely N-dealkylation sites (tertiary alicyclic amines) is 1. The fraction of sp³-hybridized carbons (Fsp3) is 0.286. The molecule has 0 radical (unpaired) electrons. The Morgan fingerprint density at radius 1 is 1.03 bits per heavy atom. The van der Waals surface area contributed by atoms with Crippen LogP contribution in [0.2, 0.25) is 10.0 Å². The maximum atomic E-state index is 13.2. The molecule has 204 valence electrons. The van der Waals surface area contributed by atoms with E-state index in [0.717, 1.165) is 31.5 Å². The number of fused-ring (bicyclic) bond motifs is 1. The van der Waals surface area contributed by atoms with Gasteiger partial charge in [0, 0.05) is 17.8 Å². The molecular weight excluding hydrogens is 559 g/mol. The van der Waals surface area contributed by atoms with Crippen molar-refractivity contribution in [2.45, 2.75) is 24.3 Å². The highest BCUT2D eigenvalue weighted by atomic mass is 35.5. The van der Waals surface area contributed by atoms with Crippen molar-refractivity contribution in [3.63, 3.8) is 0 Å². The average molecular weight is 588 g/mol. The van der Waals surface area contributed by atoms with Crippen LogP contribution in [0.1, 0.15) is 18.4 Å². The molecule has 2 aromatic heterocycles. The second-order valence-electron chi connectivity index (χ2n) is 9.56. The van der Waals surface area contributed by atoms with Gasteiger partial charge < -0.3 is 14.4 Å². The van der Waals surface area contributed by atoms with Crippen LogP contribution in [-0.4, -0.2) is 50.0 Å². The van der Waals surface area contributed by atoms with Crippen LogP contribution in [-0.2, 0) is 16.6 Å². The second kappa shape index (κ2) is 12.0. The fourth-order valence-electron chi connectivity index (χ4n) is 4.38. The summed E-state index contributed by atoms with van der Waals surface area (Å²) in [4.78, 5) is 10.9. The lowest BCUT2D eigenvalue weighted by atomic mass is 9.98. The number of hydrogen-bond donors (Lipinski definition) is 1. The molecule has 5 rings (SSSR count). The Labute approximate surface area is 237 Å². The molecule has 0 atom stereocenters. The van der Waals surface area contributed by atoms with E-state index in [1.807, 2.05) is 12.1 Å². The number of halogens is 2. The van der Waals surface area contributed by atoms with Crippen molar-refractivity contribution in [2.75, 3.05) is 31.5 Å². The zero-order valence-electron chi connectivity index (χ0n) is 21.3. The highest BCUT2D eigenvalue weighted by Gasteiger charge is 2.21. The standard InChI is InChI=1S/C28H28Cl2N4O4S/c1-34-12-9-19(10-13-34)17-37-26-14-20(6-7-22(26)29)18-38-28-25(15-21-16-31-11-8-24(21)32-28)33-39(35,36)27-5-3-2-4-23(27)30/h2-8,11,14-16,19,33H,9-10,12-13,17-18H2,1H3. The van der Waals surface area contributed by atoms with Crippen molar-refractivity contribution in [3.8, 4) is 11.6 Å². The van der Waals surface area contributed by atoms with Gasteiger partial charge in [0.2, 0.25) is 5.88 Å². The third kappa shape index (κ3) is 6.73. The topological polar surface area (TPSA) is 93.7 Å². The molecule has 1 saturated heterocycles. The predicted molar refractivity (Wildman–Crippen MR) is 153 cm³/mol. The molecule has 11 heteroatoms. The van der Waals surface area contributed by atoms with Gasteiger partial charge >= 0.3 is 0 Å². The number of rotatable bonds is 9. The van der Waals surface area contributed by atoms with Crippen molar-refractivity contribution in [3.05, 3.63) is 82.6 Å². The van der Waals surface area contributed by atoms with Crippen LogP contribution in [0.25, 0.3) is 10.9 Å². The first-order chi connectivity index (χ1) is 18.8. The van der Waals surface area contributed by atoms with Crippen molar-refractivity contribution in [1.29, 1.82) is 0 Å². The lowest BCUT2D eigenvalue weighted by molar-refractivity contribution is 0.160. The monoisotopic (exact) mass is 586 g/mol. The van der Waals surface area contributed by atoms with E-state index in [9.17, 15) is 8.42 Å². The van der Waals surface area contributed by atoms with Crippen LogP contribution in [0.15, 0.2) is 71.9 Å². The zero-order chi connectivity index (χ0) is 27.4. The molecule has 8 nitrogen and oxygen atoms in total. The number of ether oxygens (including phenoxy) is 2. The van der Waals surface area contributed by atoms with Crippen LogP contribution in [0, 0.1) is 5.92 Å². The number of aromatic nitrogens is 2. The molecule has 39 heavy (non-hydrogen) atoms. The number of sulfonamides is 1. The van der Waals surface area contributed by atoms with E-state index in [-0.39, 0.29) is 28.1 Å². The molecule has 0 bridgehead atoms. The third-order valence-electron chi connectivity index (χ3n) is 6.63. The van der Waals surface area contributed by atoms with Gasteiger partial charge in [0.15, 0.2) is 0 Å². The largest absolute Gasteiger partial charge is 0.492 e. The van der Waals surface area contributed by atoms with Gasteiger partial charge in [-0.2, -0.15) is 0 Å². The summed E-state index contributed by atoms with van der Waals surface area (Å²) in [6.45, 7) is 2.85. The van der Waals surface area contributed by atoms with E-state index in [4.69, 9.17) is 32.7 Å². The van der Waals surface area contributed by atoms with E-state index in [2.05, 4.69) is 26.6 Å². The summed E-state index contributed by atoms with van der Waals surface area (Å²) >= 11 is 12.6. The highest BCUT2D eigenvalue weighted by Crippen LogP contribution is 2.32. The van der Waals surface area contributed by atoms with Gasteiger partial charge in [0.05, 0.1) is 22.2 Å². The van der Waals surface area contributed by atoms with Gasteiger partial charge in [-0.3, -0.25) is 9.71 Å². The smallest absolute Gasteiger partial charge is 0.263 e. The molecule has 1 aliphatic heterocycles. The molecule has 4 aromatic rings. The molecule has 0 unspecified atom stereocenters. The summed E-state index contributed by atoms with van der Waals surface area (Å²) in [7, 11) is -1.88. The third-order valence-corrected chi connectivity index (χ3v) is 8.81. The Kier molecular flexibility index (Phi) is 8.42. The Morgan fingerprint density at radius 2 is 1.82 bits per heavy atom. The molecule has 1 aliphatic rings. The fourth-order valence-corrected chi connectivity index (χ4v) is 6.12. The first-order valence-electron chi connectivity index (χ1n) is 12.5. The van der Waals surface area contributed by atoms with Gasteiger partial charge in [-0.05, 0) is 80.9 Å². The number of benzene rings is 2. The van der Waals surface area contributed by atoms with Gasteiger partial charge in [-0.1, -0.05) is 41.4 Å². The minimum atomic E-state index is -4.01. The molecule has 2 aromatic carbocycles. The normalized spacial score (nSPS) is 14.8. The maximum absolute atomic E-state index is 13.2. The van der Waals surface area contributed by atoms with Gasteiger partial charge in [0.1, 0.15) is 22.9 Å². The molecule has 0 aliphatic carbocycles. The van der Waals surface area contributed by atoms with E-state index in [0.29, 0.717) is 34.2 Å². The number of nitrogens with one attached hydrogen (secondary N) is 1. The minimum Gasteiger partial charge on any atom is -0.492 e. The number of piperidine rings is 1. The molecule has 1 fully saturated rings. The number of hydrogen-bond acceptors (Lipinski definition) is 7. The van der Waals surface area contributed by atoms with Crippen LogP contribution in [0.4, 0.5) is 5.69 Å². The molecule has 0 spiro atoms. The molecule has 1 N–H and O–H groups in total. The summed E-state index contributed by atoms with van der Waals surface area (Å²) in [5, 5.41) is 1.28. The summed E-state index contributed by atoms with van der Waals surface area (Å²) < 4.78 is 41.0. The van der Waals surface area contributed by atoms with E-state index in [1.165, 1.54) is 12.1 Å². The van der Waals surface area contributed by atoms with Crippen LogP contribution in [0.3, 0.4) is 0 Å². The van der Waals surface area contributed by atoms with E-state index in [1.54, 1.807) is 42.7 Å². The lowest BCUT2D eigenvalue weighted by Crippen LogP contribution is -2.32. The Hall–Kier alpha value is -3.11. The summed E-state index contributed by atoms with van der Waals surface area (Å²) in [6.07, 6.45) is 5.40. The van der Waals surface area contributed by atoms with E-state index < -0.39 is 10.0 Å². The Morgan fingerprint density at radius 3 is 2.62 bits per heavy atom. The maximum Gasteiger partial charge on any atom is 0.263 e. The van der Waals surface area contributed by atoms with E-state index >= 15 is 0 Å². The average Bonchev–Trinajstić information content (AvgIpc) is 2.92. The molecule has 0 saturated carbocycles. The van der Waals surface area contributed by atoms with Crippen molar-refractivity contribution < 1.29 is 17.9 Å². The second-order valence-corrected chi connectivity index (χ2v) is 12.0. The predicted octanol–water partition coefficient (Wildman–Crippen LogP) is 6.04. The zero-order valence-corrected chi connectivity index (χ0v) is 23.6. The first-order valence-corrected chi connectivity index (χ1v) is 14.8. The summed E-state index contributed by atoms with van der Waals surface area (Å²) in [5.41, 5.74) is 1.58. The number of pyridine rings is 2. The van der Waals surface area contributed by atoms with Crippen molar-refractivity contribution in [1.82, 2.24) is 14.9 Å². The summed E-state index contributed by atoms with van der Waals surface area (Å²) in [6, 6.07) is 15.0. The molecule has 0 amide bonds. The molecule has 3 heterocycles. The number of anilines is 1. The van der Waals surface area contributed by atoms with Gasteiger partial charge in [0.25, 0.3) is 10.0 Å². The Balaban J connectivity index is 1.36. The van der Waals surface area contributed by atoms with Crippen LogP contribution >= 0.6 is 23.2 Å². The van der Waals surface area contributed by atoms with Crippen molar-refractivity contribution >= 4 is 49.8 Å². The summed E-state index contributed by atoms with van der Waals surface area (Å²) in [5.74, 6) is 1.20. The number of nitrogens with zero attached hydrogens (tertiary/aromatic N) is 3. The minimum absolute atomic E-state index is 0.0481. The lowest BCUT2D eigenvalue weighted by Gasteiger charge is -2.28. The SMILES string of the molecule is CN1CCC(COc2cc(COc3nc4ccncc4cc3NS(=O)(=O)c3ccccc3Cl)ccc2Cl)CC1. The first kappa shape index (κ1) is 27.5. The quantitative estimate of drug-likeness (QED) is 0.255. The van der Waals surface area contributed by atoms with Gasteiger partial charge in [-0.15, -0.1) is 0 Å². The van der Waals surface area contributed by atoms with Crippen molar-refractivity contribution in [2.24, 2.45) is 5.92 Å².